The van der Waals surface area contributed by atoms with E-state index in [1.165, 1.54) is 12.8 Å². The van der Waals surface area contributed by atoms with Crippen LogP contribution in [0.2, 0.25) is 0 Å². The number of hydrogen-bond donors (Lipinski definition) is 2. The van der Waals surface area contributed by atoms with Gasteiger partial charge in [0.15, 0.2) is 0 Å². The summed E-state index contributed by atoms with van der Waals surface area (Å²) >= 11 is 0. The molecule has 0 aromatic carbocycles. The van der Waals surface area contributed by atoms with Gasteiger partial charge in [0.25, 0.3) is 0 Å². The van der Waals surface area contributed by atoms with Crippen molar-refractivity contribution in [2.45, 2.75) is 46.1 Å². The first-order chi connectivity index (χ1) is 6.07. The fraction of sp³-hybridized carbons (Fsp3) is 0.900. The number of aliphatic carboxylic acids is 1. The SMILES string of the molecule is CCCCC(C)NCC(C)C(=O)O. The van der Waals surface area contributed by atoms with Crippen LogP contribution in [0.4, 0.5) is 0 Å². The summed E-state index contributed by atoms with van der Waals surface area (Å²) in [7, 11) is 0. The summed E-state index contributed by atoms with van der Waals surface area (Å²) in [6.07, 6.45) is 3.53. The van der Waals surface area contributed by atoms with Crippen LogP contribution in [0, 0.1) is 5.92 Å². The first-order valence-electron chi connectivity index (χ1n) is 5.04. The number of rotatable bonds is 7. The number of carboxylic acids is 1. The van der Waals surface area contributed by atoms with Gasteiger partial charge in [0.2, 0.25) is 0 Å². The van der Waals surface area contributed by atoms with Crippen LogP contribution >= 0.6 is 0 Å². The molecule has 0 saturated carbocycles. The summed E-state index contributed by atoms with van der Waals surface area (Å²) in [5.74, 6) is -1.01. The van der Waals surface area contributed by atoms with E-state index < -0.39 is 5.97 Å². The fourth-order valence-corrected chi connectivity index (χ4v) is 1.08. The van der Waals surface area contributed by atoms with E-state index in [-0.39, 0.29) is 5.92 Å². The predicted molar refractivity (Wildman–Crippen MR) is 53.8 cm³/mol. The summed E-state index contributed by atoms with van der Waals surface area (Å²) in [5, 5.41) is 11.8. The minimum atomic E-state index is -0.727. The molecule has 3 heteroatoms. The maximum atomic E-state index is 10.5. The van der Waals surface area contributed by atoms with Crippen LogP contribution in [0.25, 0.3) is 0 Å². The highest BCUT2D eigenvalue weighted by Gasteiger charge is 2.11. The highest BCUT2D eigenvalue weighted by molar-refractivity contribution is 5.69. The van der Waals surface area contributed by atoms with Crippen molar-refractivity contribution in [3.8, 4) is 0 Å². The van der Waals surface area contributed by atoms with Crippen molar-refractivity contribution >= 4 is 5.97 Å². The summed E-state index contributed by atoms with van der Waals surface area (Å²) in [6.45, 7) is 6.55. The van der Waals surface area contributed by atoms with Gasteiger partial charge in [-0.2, -0.15) is 0 Å². The average molecular weight is 187 g/mol. The molecule has 0 aliphatic heterocycles. The topological polar surface area (TPSA) is 49.3 Å². The Labute approximate surface area is 80.5 Å². The summed E-state index contributed by atoms with van der Waals surface area (Å²) in [4.78, 5) is 10.5. The van der Waals surface area contributed by atoms with Gasteiger partial charge in [-0.05, 0) is 13.3 Å². The lowest BCUT2D eigenvalue weighted by atomic mass is 10.1. The second-order valence-corrected chi connectivity index (χ2v) is 3.69. The molecule has 13 heavy (non-hydrogen) atoms. The van der Waals surface area contributed by atoms with E-state index in [2.05, 4.69) is 19.2 Å². The van der Waals surface area contributed by atoms with Gasteiger partial charge in [-0.3, -0.25) is 4.79 Å². The van der Waals surface area contributed by atoms with Crippen LogP contribution in [0.3, 0.4) is 0 Å². The van der Waals surface area contributed by atoms with E-state index in [1.807, 2.05) is 0 Å². The number of nitrogens with one attached hydrogen (secondary N) is 1. The van der Waals surface area contributed by atoms with Gasteiger partial charge < -0.3 is 10.4 Å². The smallest absolute Gasteiger partial charge is 0.307 e. The van der Waals surface area contributed by atoms with E-state index in [9.17, 15) is 4.79 Å². The average Bonchev–Trinajstić information content (AvgIpc) is 2.10. The molecule has 0 fully saturated rings. The van der Waals surface area contributed by atoms with Crippen molar-refractivity contribution in [3.05, 3.63) is 0 Å². The third-order valence-electron chi connectivity index (χ3n) is 2.18. The lowest BCUT2D eigenvalue weighted by Gasteiger charge is -2.14. The third kappa shape index (κ3) is 6.58. The molecule has 0 radical (unpaired) electrons. The number of hydrogen-bond acceptors (Lipinski definition) is 2. The van der Waals surface area contributed by atoms with Crippen molar-refractivity contribution in [1.29, 1.82) is 0 Å². The van der Waals surface area contributed by atoms with Crippen LogP contribution in [-0.4, -0.2) is 23.7 Å². The van der Waals surface area contributed by atoms with E-state index >= 15 is 0 Å². The summed E-state index contributed by atoms with van der Waals surface area (Å²) in [6, 6.07) is 0.432. The normalized spacial score (nSPS) is 15.3. The second-order valence-electron chi connectivity index (χ2n) is 3.69. The summed E-state index contributed by atoms with van der Waals surface area (Å²) in [5.41, 5.74) is 0. The monoisotopic (exact) mass is 187 g/mol. The van der Waals surface area contributed by atoms with Crippen molar-refractivity contribution in [1.82, 2.24) is 5.32 Å². The lowest BCUT2D eigenvalue weighted by Crippen LogP contribution is -2.33. The van der Waals surface area contributed by atoms with Gasteiger partial charge in [-0.1, -0.05) is 26.7 Å². The van der Waals surface area contributed by atoms with E-state index in [0.29, 0.717) is 12.6 Å². The van der Waals surface area contributed by atoms with Crippen LogP contribution in [-0.2, 0) is 4.79 Å². The minimum Gasteiger partial charge on any atom is -0.481 e. The van der Waals surface area contributed by atoms with Gasteiger partial charge in [-0.25, -0.2) is 0 Å². The van der Waals surface area contributed by atoms with Crippen molar-refractivity contribution in [2.75, 3.05) is 6.54 Å². The predicted octanol–water partition coefficient (Wildman–Crippen LogP) is 1.88. The molecule has 0 amide bonds. The highest BCUT2D eigenvalue weighted by atomic mass is 16.4. The molecule has 0 aliphatic rings. The molecule has 0 saturated heterocycles. The first kappa shape index (κ1) is 12.4. The van der Waals surface area contributed by atoms with Crippen molar-refractivity contribution in [2.24, 2.45) is 5.92 Å². The van der Waals surface area contributed by atoms with Gasteiger partial charge in [0, 0.05) is 12.6 Å². The Morgan fingerprint density at radius 3 is 2.54 bits per heavy atom. The number of carboxylic acid groups (broad SMARTS) is 1. The van der Waals surface area contributed by atoms with Gasteiger partial charge in [0.1, 0.15) is 0 Å². The van der Waals surface area contributed by atoms with Crippen LogP contribution < -0.4 is 5.32 Å². The molecule has 0 bridgehead atoms. The Hall–Kier alpha value is -0.570. The standard InChI is InChI=1S/C10H21NO2/c1-4-5-6-9(3)11-7-8(2)10(12)13/h8-9,11H,4-7H2,1-3H3,(H,12,13). The Balaban J connectivity index is 3.45. The largest absolute Gasteiger partial charge is 0.481 e. The van der Waals surface area contributed by atoms with Gasteiger partial charge >= 0.3 is 5.97 Å². The zero-order valence-electron chi connectivity index (χ0n) is 8.84. The molecule has 0 aromatic heterocycles. The molecule has 78 valence electrons. The summed E-state index contributed by atoms with van der Waals surface area (Å²) < 4.78 is 0. The van der Waals surface area contributed by atoms with Crippen molar-refractivity contribution < 1.29 is 9.90 Å². The molecule has 3 nitrogen and oxygen atoms in total. The molecular formula is C10H21NO2. The minimum absolute atomic E-state index is 0.288. The lowest BCUT2D eigenvalue weighted by molar-refractivity contribution is -0.140. The van der Waals surface area contributed by atoms with Crippen molar-refractivity contribution in [3.63, 3.8) is 0 Å². The van der Waals surface area contributed by atoms with Crippen LogP contribution in [0.1, 0.15) is 40.0 Å². The third-order valence-corrected chi connectivity index (χ3v) is 2.18. The maximum absolute atomic E-state index is 10.5. The molecule has 0 spiro atoms. The molecule has 0 aromatic rings. The van der Waals surface area contributed by atoms with Gasteiger partial charge in [-0.15, -0.1) is 0 Å². The molecule has 0 heterocycles. The van der Waals surface area contributed by atoms with Crippen LogP contribution in [0.5, 0.6) is 0 Å². The van der Waals surface area contributed by atoms with E-state index in [1.54, 1.807) is 6.92 Å². The molecule has 2 N–H and O–H groups in total. The highest BCUT2D eigenvalue weighted by Crippen LogP contribution is 2.00. The fourth-order valence-electron chi connectivity index (χ4n) is 1.08. The molecule has 0 aliphatic carbocycles. The zero-order chi connectivity index (χ0) is 10.3. The Kier molecular flexibility index (Phi) is 6.59. The molecule has 2 unspecified atom stereocenters. The Morgan fingerprint density at radius 2 is 2.08 bits per heavy atom. The molecule has 0 rings (SSSR count). The Morgan fingerprint density at radius 1 is 1.46 bits per heavy atom. The number of carbonyl (C=O) groups is 1. The Bertz CT molecular complexity index is 148. The van der Waals surface area contributed by atoms with E-state index in [4.69, 9.17) is 5.11 Å². The second kappa shape index (κ2) is 6.89. The zero-order valence-corrected chi connectivity index (χ0v) is 8.84. The van der Waals surface area contributed by atoms with E-state index in [0.717, 1.165) is 6.42 Å². The first-order valence-corrected chi connectivity index (χ1v) is 5.04. The molecular weight excluding hydrogens is 166 g/mol. The quantitative estimate of drug-likeness (QED) is 0.639. The maximum Gasteiger partial charge on any atom is 0.307 e. The number of unbranched alkanes of at least 4 members (excludes halogenated alkanes) is 1. The van der Waals surface area contributed by atoms with Crippen LogP contribution in [0.15, 0.2) is 0 Å². The molecule has 2 atom stereocenters. The van der Waals surface area contributed by atoms with Gasteiger partial charge in [0.05, 0.1) is 5.92 Å².